The molecule has 0 radical (unpaired) electrons. The van der Waals surface area contributed by atoms with Gasteiger partial charge < -0.3 is 80.0 Å². The summed E-state index contributed by atoms with van der Waals surface area (Å²) in [4.78, 5) is 0. The fraction of sp³-hybridized carbons (Fsp3) is 1.00. The van der Waals surface area contributed by atoms with Gasteiger partial charge >= 0.3 is 51.4 Å². The summed E-state index contributed by atoms with van der Waals surface area (Å²) in [7, 11) is -35.1. The fourth-order valence-corrected chi connectivity index (χ4v) is 91.7. The summed E-state index contributed by atoms with van der Waals surface area (Å²) in [5, 5.41) is 62.4. The summed E-state index contributed by atoms with van der Waals surface area (Å²) >= 11 is 0. The highest BCUT2D eigenvalue weighted by molar-refractivity contribution is 6.92. The van der Waals surface area contributed by atoms with Crippen LogP contribution in [-0.4, -0.2) is 221 Å². The lowest BCUT2D eigenvalue weighted by Gasteiger charge is -2.43. The van der Waals surface area contributed by atoms with E-state index in [1.54, 1.807) is 0 Å². The molecular formula is C84H218O18Si18. The summed E-state index contributed by atoms with van der Waals surface area (Å²) in [5.74, 6) is 0. The average Bonchev–Trinajstić information content (AvgIpc) is 0.832. The molecule has 0 aliphatic heterocycles. The van der Waals surface area contributed by atoms with Crippen LogP contribution in [0.1, 0.15) is 180 Å². The molecule has 0 heterocycles. The fourth-order valence-electron chi connectivity index (χ4n) is 16.2. The number of aliphatic hydroxyl groups excluding tert-OH is 6. The van der Waals surface area contributed by atoms with Gasteiger partial charge in [-0.05, 0) is 379 Å². The first-order chi connectivity index (χ1) is 51.2. The number of aliphatic hydroxyl groups is 6. The van der Waals surface area contributed by atoms with E-state index in [0.717, 1.165) is 122 Å². The van der Waals surface area contributed by atoms with Crippen molar-refractivity contribution in [2.75, 3.05) is 39.6 Å². The van der Waals surface area contributed by atoms with Crippen LogP contribution in [-0.2, 0) is 49.4 Å². The van der Waals surface area contributed by atoms with E-state index in [2.05, 4.69) is 310 Å². The molecule has 0 bridgehead atoms. The third-order valence-electron chi connectivity index (χ3n) is 20.9. The first-order valence-electron chi connectivity index (χ1n) is 45.3. The van der Waals surface area contributed by atoms with Crippen molar-refractivity contribution in [2.24, 2.45) is 16.2 Å². The third kappa shape index (κ3) is 62.6. The van der Waals surface area contributed by atoms with Gasteiger partial charge in [0.1, 0.15) is 0 Å². The Morgan fingerprint density at radius 3 is 0.492 bits per heavy atom. The molecular weight excluding hydrogens is 1800 g/mol. The Balaban J connectivity index is -0.000000315. The van der Waals surface area contributed by atoms with Crippen molar-refractivity contribution >= 4 is 151 Å². The van der Waals surface area contributed by atoms with Crippen LogP contribution in [0.5, 0.6) is 0 Å². The van der Waals surface area contributed by atoms with Gasteiger partial charge in [0.05, 0.1) is 39.6 Å². The molecule has 120 heavy (non-hydrogen) atoms. The second-order valence-electron chi connectivity index (χ2n) is 48.4. The average molecular weight is 2020 g/mol. The van der Waals surface area contributed by atoms with E-state index in [-0.39, 0.29) is 74.9 Å². The Morgan fingerprint density at radius 2 is 0.325 bits per heavy atom. The van der Waals surface area contributed by atoms with Crippen LogP contribution in [0.15, 0.2) is 0 Å². The van der Waals surface area contributed by atoms with Crippen molar-refractivity contribution in [1.29, 1.82) is 0 Å². The summed E-state index contributed by atoms with van der Waals surface area (Å²) in [5.41, 5.74) is 0.458. The molecule has 0 aromatic heterocycles. The molecule has 0 aromatic carbocycles. The van der Waals surface area contributed by atoms with Crippen LogP contribution in [0.3, 0.4) is 0 Å². The molecule has 5 atom stereocenters. The molecule has 0 rings (SSSR count). The van der Waals surface area contributed by atoms with Gasteiger partial charge in [0, 0.05) is 16.2 Å². The Bertz CT molecular complexity index is 2450. The second kappa shape index (κ2) is 54.7. The minimum Gasteiger partial charge on any atom is -0.437 e. The molecule has 0 saturated carbocycles. The molecule has 5 unspecified atom stereocenters. The molecule has 36 heteroatoms. The Labute approximate surface area is 769 Å². The van der Waals surface area contributed by atoms with Crippen molar-refractivity contribution in [3.8, 4) is 0 Å². The smallest absolute Gasteiger partial charge is 0.317 e. The first-order valence-corrected chi connectivity index (χ1v) is 101. The van der Waals surface area contributed by atoms with Gasteiger partial charge in [0.25, 0.3) is 0 Å². The predicted octanol–water partition coefficient (Wildman–Crippen LogP) is 28.0. The molecule has 6 N–H and O–H groups in total. The zero-order valence-electron chi connectivity index (χ0n) is 85.6. The van der Waals surface area contributed by atoms with Crippen molar-refractivity contribution in [3.05, 3.63) is 0 Å². The van der Waals surface area contributed by atoms with E-state index >= 15 is 0 Å². The van der Waals surface area contributed by atoms with Crippen LogP contribution in [0.25, 0.3) is 0 Å². The second-order valence-corrected chi connectivity index (χ2v) is 127. The van der Waals surface area contributed by atoms with Crippen LogP contribution in [0.4, 0.5) is 0 Å². The zero-order chi connectivity index (χ0) is 92.5. The minimum absolute atomic E-state index is 0. The van der Waals surface area contributed by atoms with Crippen molar-refractivity contribution in [1.82, 2.24) is 0 Å². The number of rotatable bonds is 60. The van der Waals surface area contributed by atoms with Crippen LogP contribution < -0.4 is 0 Å². The SMILES string of the molecule is C.C.C.C.CC(CCC(CO)(CO)CCC[Si](C)(O[Si](C)(C)C)O[Si](C)(C)C)[Si](C)(O[Si](C)(C)C)O[Si](C)(C)C.CC(CCCC(CO)(CO)CCCC(C)[Si](C)(O[Si](C)(C)C)O[Si](C)(C)C)[Si](C)(O[Si](C)(C)C)O[Si](C)(C)C.CC(CCCCC(CO)(CO)CCCCC(C)[Si](C)(O[Si](C)(C)C)O[Si](C)(C)C)[Si](C)(O[Si](C)(C)C)O[Si](C)(C)C. The van der Waals surface area contributed by atoms with Gasteiger partial charge in [-0.2, -0.15) is 0 Å². The van der Waals surface area contributed by atoms with E-state index in [4.69, 9.17) is 49.4 Å². The first kappa shape index (κ1) is 136. The van der Waals surface area contributed by atoms with Crippen molar-refractivity contribution in [3.63, 3.8) is 0 Å². The van der Waals surface area contributed by atoms with Crippen molar-refractivity contribution in [2.45, 2.75) is 489 Å². The maximum atomic E-state index is 10.4. The largest absolute Gasteiger partial charge is 0.437 e. The molecule has 0 aliphatic rings. The molecule has 0 aromatic rings. The lowest BCUT2D eigenvalue weighted by molar-refractivity contribution is 0.0351. The van der Waals surface area contributed by atoms with E-state index < -0.39 is 167 Å². The van der Waals surface area contributed by atoms with Crippen LogP contribution in [0.2, 0.25) is 309 Å². The Morgan fingerprint density at radius 1 is 0.183 bits per heavy atom. The lowest BCUT2D eigenvalue weighted by atomic mass is 9.79. The maximum Gasteiger partial charge on any atom is 0.317 e. The molecule has 734 valence electrons. The summed E-state index contributed by atoms with van der Waals surface area (Å²) in [6.07, 6.45) is 16.8. The third-order valence-corrected chi connectivity index (χ3v) is 81.7. The van der Waals surface area contributed by atoms with E-state index in [9.17, 15) is 30.6 Å². The van der Waals surface area contributed by atoms with Gasteiger partial charge in [0.15, 0.2) is 99.8 Å². The summed E-state index contributed by atoms with van der Waals surface area (Å²) < 4.78 is 81.0. The number of hydrogen-bond acceptors (Lipinski definition) is 18. The molecule has 0 spiro atoms. The normalized spacial score (nSPS) is 15.7. The van der Waals surface area contributed by atoms with E-state index in [1.165, 1.54) is 0 Å². The van der Waals surface area contributed by atoms with E-state index in [0.29, 0.717) is 22.2 Å². The zero-order valence-corrected chi connectivity index (χ0v) is 104. The Kier molecular flexibility index (Phi) is 62.1. The standard InChI is InChI=1S/C29H72O6Si6.C27H68O6Si6.C24H62O6Si6.4CH4/c1-27(40(15,32-36(3,4)5)33-37(6,7)8)21-17-19-23-29(25-30,26-31)24-20-18-22-28(2)41(16,34-38(9,10)11)35-39(12,13)14;1-25(38(15,30-34(3,4)5)31-35(6,7)8)19-17-21-27(23-28,24-29)22-18-20-26(2)39(16,32-36(9,10)11)33-37(12,13)14;1-23(36(15,29-33(8,9)10)30-34(11,12)13)17-19-24(21-25,22-26)18-16-20-35(14,27-31(2,3)4)28-32(5,6)7;;;;/h27-28,30-31H,17-26H2,1-16H3;25-26,28-29H,17-24H2,1-16H3;23,25-26H,16-22H2,1-15H3;4*1H4. The van der Waals surface area contributed by atoms with Gasteiger partial charge in [0.2, 0.25) is 0 Å². The summed E-state index contributed by atoms with van der Waals surface area (Å²) in [6.45, 7) is 106. The summed E-state index contributed by atoms with van der Waals surface area (Å²) in [6, 6.07) is 0.892. The van der Waals surface area contributed by atoms with Crippen molar-refractivity contribution < 1.29 is 80.0 Å². The number of unbranched alkanes of at least 4 members (excludes halogenated alkanes) is 2. The maximum absolute atomic E-state index is 10.4. The Hall–Kier alpha value is 3.18. The minimum atomic E-state index is -2.43. The molecule has 0 saturated heterocycles. The quantitative estimate of drug-likeness (QED) is 0.0245. The molecule has 0 fully saturated rings. The van der Waals surface area contributed by atoms with E-state index in [1.807, 2.05) is 0 Å². The van der Waals surface area contributed by atoms with Gasteiger partial charge in [-0.1, -0.05) is 109 Å². The predicted molar refractivity (Wildman–Crippen MR) is 575 cm³/mol. The lowest BCUT2D eigenvalue weighted by Crippen LogP contribution is -2.55. The highest BCUT2D eigenvalue weighted by Gasteiger charge is 2.51. The van der Waals surface area contributed by atoms with Gasteiger partial charge in [-0.15, -0.1) is 0 Å². The highest BCUT2D eigenvalue weighted by Crippen LogP contribution is 2.45. The topological polar surface area (TPSA) is 232 Å². The molecule has 0 aliphatic carbocycles. The highest BCUT2D eigenvalue weighted by atomic mass is 28.5. The van der Waals surface area contributed by atoms with Crippen LogP contribution in [0, 0.1) is 16.2 Å². The monoisotopic (exact) mass is 2020 g/mol. The van der Waals surface area contributed by atoms with Gasteiger partial charge in [-0.3, -0.25) is 0 Å². The number of hydrogen-bond donors (Lipinski definition) is 6. The molecule has 0 amide bonds. The van der Waals surface area contributed by atoms with Crippen LogP contribution >= 0.6 is 0 Å². The molecule has 18 nitrogen and oxygen atoms in total. The van der Waals surface area contributed by atoms with Gasteiger partial charge in [-0.25, -0.2) is 0 Å².